The molecule has 2 heterocycles. The van der Waals surface area contributed by atoms with Crippen LogP contribution < -0.4 is 10.1 Å². The number of benzene rings is 1. The van der Waals surface area contributed by atoms with E-state index in [1.165, 1.54) is 16.2 Å². The summed E-state index contributed by atoms with van der Waals surface area (Å²) in [7, 11) is 1.59. The molecule has 7 heteroatoms. The van der Waals surface area contributed by atoms with E-state index >= 15 is 0 Å². The normalized spacial score (nSPS) is 17.3. The first-order valence-corrected chi connectivity index (χ1v) is 8.44. The van der Waals surface area contributed by atoms with E-state index in [-0.39, 0.29) is 12.5 Å². The molecule has 0 spiro atoms. The molecule has 126 valence electrons. The fraction of sp³-hybridized carbons (Fsp3) is 0.294. The van der Waals surface area contributed by atoms with E-state index in [0.717, 1.165) is 10.4 Å². The second-order valence-electron chi connectivity index (χ2n) is 5.31. The second kappa shape index (κ2) is 7.35. The summed E-state index contributed by atoms with van der Waals surface area (Å²) in [4.78, 5) is 27.0. The van der Waals surface area contributed by atoms with Crippen LogP contribution in [0.2, 0.25) is 0 Å². The number of nitrogens with one attached hydrogen (secondary N) is 1. The van der Waals surface area contributed by atoms with Crippen LogP contribution in [0.4, 0.5) is 4.79 Å². The molecule has 1 fully saturated rings. The van der Waals surface area contributed by atoms with Gasteiger partial charge >= 0.3 is 6.09 Å². The van der Waals surface area contributed by atoms with Gasteiger partial charge in [-0.15, -0.1) is 11.3 Å². The molecule has 0 aliphatic carbocycles. The maximum absolute atomic E-state index is 12.5. The van der Waals surface area contributed by atoms with Gasteiger partial charge in [-0.25, -0.2) is 4.79 Å². The topological polar surface area (TPSA) is 67.9 Å². The zero-order valence-electron chi connectivity index (χ0n) is 13.2. The van der Waals surface area contributed by atoms with Gasteiger partial charge in [0.1, 0.15) is 18.4 Å². The van der Waals surface area contributed by atoms with Gasteiger partial charge < -0.3 is 14.8 Å². The second-order valence-corrected chi connectivity index (χ2v) is 6.29. The Kier molecular flexibility index (Phi) is 5.00. The third kappa shape index (κ3) is 3.51. The van der Waals surface area contributed by atoms with Crippen LogP contribution in [0.5, 0.6) is 5.75 Å². The Bertz CT molecular complexity index is 717. The number of ether oxygens (including phenoxy) is 2. The maximum Gasteiger partial charge on any atom is 0.411 e. The fourth-order valence-corrected chi connectivity index (χ4v) is 3.42. The van der Waals surface area contributed by atoms with Gasteiger partial charge in [0.2, 0.25) is 5.91 Å². The van der Waals surface area contributed by atoms with E-state index in [2.05, 4.69) is 5.32 Å². The summed E-state index contributed by atoms with van der Waals surface area (Å²) in [5.74, 6) is 0.527. The molecule has 1 unspecified atom stereocenters. The molecule has 2 amide bonds. The Morgan fingerprint density at radius 1 is 1.38 bits per heavy atom. The van der Waals surface area contributed by atoms with Crippen LogP contribution in [-0.4, -0.2) is 37.1 Å². The summed E-state index contributed by atoms with van der Waals surface area (Å²) in [6, 6.07) is 10.4. The van der Waals surface area contributed by atoms with Crippen LogP contribution in [-0.2, 0) is 16.1 Å². The Morgan fingerprint density at radius 2 is 2.25 bits per heavy atom. The summed E-state index contributed by atoms with van der Waals surface area (Å²) < 4.78 is 10.6. The molecule has 1 atom stereocenters. The zero-order valence-corrected chi connectivity index (χ0v) is 14.0. The Morgan fingerprint density at radius 3 is 3.00 bits per heavy atom. The van der Waals surface area contributed by atoms with E-state index in [1.807, 2.05) is 41.8 Å². The number of amides is 2. The molecule has 1 N–H and O–H groups in total. The van der Waals surface area contributed by atoms with Gasteiger partial charge in [-0.1, -0.05) is 18.2 Å². The molecule has 1 aromatic carbocycles. The quantitative estimate of drug-likeness (QED) is 0.924. The number of rotatable bonds is 4. The third-order valence-corrected chi connectivity index (χ3v) is 4.68. The average Bonchev–Trinajstić information content (AvgIpc) is 3.13. The maximum atomic E-state index is 12.5. The lowest BCUT2D eigenvalue weighted by Gasteiger charge is -2.33. The number of carbonyl (C=O) groups is 2. The van der Waals surface area contributed by atoms with Gasteiger partial charge in [0.15, 0.2) is 0 Å². The molecule has 1 aliphatic heterocycles. The van der Waals surface area contributed by atoms with Crippen molar-refractivity contribution in [3.8, 4) is 5.75 Å². The molecule has 2 aromatic rings. The highest BCUT2D eigenvalue weighted by Gasteiger charge is 2.35. The van der Waals surface area contributed by atoms with E-state index in [4.69, 9.17) is 9.47 Å². The molecular weight excluding hydrogens is 328 g/mol. The predicted octanol–water partition coefficient (Wildman–Crippen LogP) is 2.57. The van der Waals surface area contributed by atoms with Crippen molar-refractivity contribution in [2.75, 3.05) is 20.2 Å². The number of hydrogen-bond acceptors (Lipinski definition) is 5. The number of thiophene rings is 1. The Balaban J connectivity index is 1.69. The molecule has 1 aromatic heterocycles. The molecule has 24 heavy (non-hydrogen) atoms. The lowest BCUT2D eigenvalue weighted by molar-refractivity contribution is -0.128. The van der Waals surface area contributed by atoms with Crippen molar-refractivity contribution >= 4 is 23.3 Å². The third-order valence-electron chi connectivity index (χ3n) is 3.76. The zero-order chi connectivity index (χ0) is 16.9. The minimum Gasteiger partial charge on any atom is -0.497 e. The lowest BCUT2D eigenvalue weighted by atomic mass is 10.1. The first-order valence-electron chi connectivity index (χ1n) is 7.56. The van der Waals surface area contributed by atoms with Gasteiger partial charge in [-0.05, 0) is 29.1 Å². The molecule has 0 bridgehead atoms. The summed E-state index contributed by atoms with van der Waals surface area (Å²) in [6.07, 6.45) is -0.494. The highest BCUT2D eigenvalue weighted by molar-refractivity contribution is 7.10. The van der Waals surface area contributed by atoms with E-state index in [0.29, 0.717) is 18.8 Å². The minimum atomic E-state index is -0.628. The number of methoxy groups -OCH3 is 1. The van der Waals surface area contributed by atoms with Crippen molar-refractivity contribution in [3.63, 3.8) is 0 Å². The van der Waals surface area contributed by atoms with Crippen molar-refractivity contribution in [3.05, 3.63) is 52.2 Å². The summed E-state index contributed by atoms with van der Waals surface area (Å²) >= 11 is 1.45. The highest BCUT2D eigenvalue weighted by Crippen LogP contribution is 2.28. The van der Waals surface area contributed by atoms with Crippen molar-refractivity contribution in [1.29, 1.82) is 0 Å². The molecule has 0 saturated carbocycles. The molecule has 6 nitrogen and oxygen atoms in total. The van der Waals surface area contributed by atoms with E-state index in [9.17, 15) is 9.59 Å². The van der Waals surface area contributed by atoms with Crippen molar-refractivity contribution in [2.24, 2.45) is 0 Å². The van der Waals surface area contributed by atoms with Gasteiger partial charge in [0, 0.05) is 18.0 Å². The number of piperazine rings is 1. The van der Waals surface area contributed by atoms with Crippen LogP contribution in [0.15, 0.2) is 41.8 Å². The van der Waals surface area contributed by atoms with Crippen LogP contribution in [0, 0.1) is 0 Å². The van der Waals surface area contributed by atoms with Crippen LogP contribution in [0.1, 0.15) is 16.5 Å². The smallest absolute Gasteiger partial charge is 0.411 e. The predicted molar refractivity (Wildman–Crippen MR) is 90.0 cm³/mol. The van der Waals surface area contributed by atoms with Crippen molar-refractivity contribution in [1.82, 2.24) is 10.2 Å². The van der Waals surface area contributed by atoms with E-state index in [1.54, 1.807) is 7.11 Å². The van der Waals surface area contributed by atoms with Crippen LogP contribution in [0.3, 0.4) is 0 Å². The fourth-order valence-electron chi connectivity index (χ4n) is 2.58. The summed E-state index contributed by atoms with van der Waals surface area (Å²) in [5.41, 5.74) is 0.830. The van der Waals surface area contributed by atoms with Gasteiger partial charge in [-0.3, -0.25) is 9.69 Å². The standard InChI is InChI=1S/C17H18N2O4S/c1-22-13-5-2-4-12(10-13)11-23-17(21)19-8-7-18-16(20)15(19)14-6-3-9-24-14/h2-6,9-10,15H,7-8,11H2,1H3,(H,18,20). The number of carbonyl (C=O) groups excluding carboxylic acids is 2. The van der Waals surface area contributed by atoms with E-state index < -0.39 is 12.1 Å². The van der Waals surface area contributed by atoms with Crippen molar-refractivity contribution < 1.29 is 19.1 Å². The monoisotopic (exact) mass is 346 g/mol. The average molecular weight is 346 g/mol. The molecule has 1 aliphatic rings. The van der Waals surface area contributed by atoms with Gasteiger partial charge in [0.05, 0.1) is 7.11 Å². The molecule has 3 rings (SSSR count). The van der Waals surface area contributed by atoms with Gasteiger partial charge in [-0.2, -0.15) is 0 Å². The van der Waals surface area contributed by atoms with Gasteiger partial charge in [0.25, 0.3) is 0 Å². The lowest BCUT2D eigenvalue weighted by Crippen LogP contribution is -2.52. The highest BCUT2D eigenvalue weighted by atomic mass is 32.1. The molecular formula is C17H18N2O4S. The van der Waals surface area contributed by atoms with Crippen LogP contribution >= 0.6 is 11.3 Å². The summed E-state index contributed by atoms with van der Waals surface area (Å²) in [5, 5.41) is 4.68. The molecule has 1 saturated heterocycles. The largest absolute Gasteiger partial charge is 0.497 e. The Labute approximate surface area is 144 Å². The number of hydrogen-bond donors (Lipinski definition) is 1. The molecule has 0 radical (unpaired) electrons. The first-order chi connectivity index (χ1) is 11.7. The number of nitrogens with zero attached hydrogens (tertiary/aromatic N) is 1. The Hall–Kier alpha value is -2.54. The van der Waals surface area contributed by atoms with Crippen molar-refractivity contribution in [2.45, 2.75) is 12.6 Å². The first kappa shape index (κ1) is 16.3. The minimum absolute atomic E-state index is 0.130. The summed E-state index contributed by atoms with van der Waals surface area (Å²) in [6.45, 7) is 0.978. The van der Waals surface area contributed by atoms with Crippen LogP contribution in [0.25, 0.3) is 0 Å². The SMILES string of the molecule is COc1cccc(COC(=O)N2CCNC(=O)C2c2cccs2)c1.